The molecule has 0 atom stereocenters. The molecule has 0 N–H and O–H groups in total. The molecule has 27 heavy (non-hydrogen) atoms. The highest BCUT2D eigenvalue weighted by atomic mass is 16.5. The molecule has 0 fully saturated rings. The summed E-state index contributed by atoms with van der Waals surface area (Å²) in [7, 11) is 3.44. The second-order valence-electron chi connectivity index (χ2n) is 7.36. The van der Waals surface area contributed by atoms with Crippen molar-refractivity contribution in [3.63, 3.8) is 0 Å². The molecule has 2 nitrogen and oxygen atoms in total. The van der Waals surface area contributed by atoms with Gasteiger partial charge in [-0.25, -0.2) is 0 Å². The Bertz CT molecular complexity index is 568. The fourth-order valence-electron chi connectivity index (χ4n) is 3.68. The van der Waals surface area contributed by atoms with Gasteiger partial charge in [0.25, 0.3) is 0 Å². The van der Waals surface area contributed by atoms with E-state index in [2.05, 4.69) is 55.5 Å². The molecule has 2 rings (SSSR count). The van der Waals surface area contributed by atoms with E-state index >= 15 is 0 Å². The summed E-state index contributed by atoms with van der Waals surface area (Å²) in [6, 6.07) is 17.1. The molecule has 148 valence electrons. The van der Waals surface area contributed by atoms with Gasteiger partial charge in [-0.05, 0) is 41.8 Å². The van der Waals surface area contributed by atoms with E-state index < -0.39 is 0 Å². The number of hydrogen-bond donors (Lipinski definition) is 0. The molecule has 2 heteroatoms. The summed E-state index contributed by atoms with van der Waals surface area (Å²) in [5.74, 6) is 2.26. The highest BCUT2D eigenvalue weighted by Gasteiger charge is 2.14. The molecule has 0 aliphatic rings. The minimum absolute atomic E-state index is 0.432. The first-order valence-electron chi connectivity index (χ1n) is 10.6. The van der Waals surface area contributed by atoms with Gasteiger partial charge < -0.3 is 9.47 Å². The van der Waals surface area contributed by atoms with Gasteiger partial charge in [0.05, 0.1) is 14.2 Å². The molecule has 0 aromatic heterocycles. The smallest absolute Gasteiger partial charge is 0.118 e. The standard InChI is InChI=1S/C25H36O2/c1-4-5-6-7-8-9-10-11-12-25(21-13-17-23(26-2)18-14-21)22-15-19-24(27-3)20-16-22/h13-20,25H,4-12H2,1-3H3. The Morgan fingerprint density at radius 2 is 1.00 bits per heavy atom. The minimum atomic E-state index is 0.432. The average molecular weight is 369 g/mol. The van der Waals surface area contributed by atoms with Crippen LogP contribution >= 0.6 is 0 Å². The Kier molecular flexibility index (Phi) is 9.83. The summed E-state index contributed by atoms with van der Waals surface area (Å²) in [6.07, 6.45) is 12.0. The molecule has 0 saturated carbocycles. The summed E-state index contributed by atoms with van der Waals surface area (Å²) in [5, 5.41) is 0. The molecule has 0 bridgehead atoms. The predicted molar refractivity (Wildman–Crippen MR) is 115 cm³/mol. The number of unbranched alkanes of at least 4 members (excludes halogenated alkanes) is 7. The highest BCUT2D eigenvalue weighted by molar-refractivity contribution is 5.38. The molecule has 0 amide bonds. The third-order valence-electron chi connectivity index (χ3n) is 5.38. The Labute approximate surface area is 165 Å². The van der Waals surface area contributed by atoms with Gasteiger partial charge in [-0.2, -0.15) is 0 Å². The lowest BCUT2D eigenvalue weighted by molar-refractivity contribution is 0.414. The fourth-order valence-corrected chi connectivity index (χ4v) is 3.68. The second kappa shape index (κ2) is 12.4. The number of ether oxygens (including phenoxy) is 2. The van der Waals surface area contributed by atoms with E-state index in [1.54, 1.807) is 14.2 Å². The topological polar surface area (TPSA) is 18.5 Å². The fraction of sp³-hybridized carbons (Fsp3) is 0.520. The van der Waals surface area contributed by atoms with Crippen molar-refractivity contribution in [3.05, 3.63) is 59.7 Å². The second-order valence-corrected chi connectivity index (χ2v) is 7.36. The van der Waals surface area contributed by atoms with Crippen molar-refractivity contribution >= 4 is 0 Å². The van der Waals surface area contributed by atoms with Crippen LogP contribution in [0.25, 0.3) is 0 Å². The molecule has 0 radical (unpaired) electrons. The Balaban J connectivity index is 1.94. The SMILES string of the molecule is CCCCCCCCCCC(c1ccc(OC)cc1)c1ccc(OC)cc1. The van der Waals surface area contributed by atoms with Crippen LogP contribution in [-0.4, -0.2) is 14.2 Å². The van der Waals surface area contributed by atoms with Crippen LogP contribution in [0.1, 0.15) is 81.8 Å². The number of hydrogen-bond acceptors (Lipinski definition) is 2. The van der Waals surface area contributed by atoms with Gasteiger partial charge in [-0.15, -0.1) is 0 Å². The first-order valence-corrected chi connectivity index (χ1v) is 10.6. The van der Waals surface area contributed by atoms with Gasteiger partial charge in [-0.1, -0.05) is 82.6 Å². The van der Waals surface area contributed by atoms with Crippen molar-refractivity contribution in [1.82, 2.24) is 0 Å². The van der Waals surface area contributed by atoms with Crippen LogP contribution in [-0.2, 0) is 0 Å². The maximum Gasteiger partial charge on any atom is 0.118 e. The largest absolute Gasteiger partial charge is 0.497 e. The van der Waals surface area contributed by atoms with Crippen molar-refractivity contribution in [2.45, 2.75) is 70.6 Å². The van der Waals surface area contributed by atoms with Crippen molar-refractivity contribution < 1.29 is 9.47 Å². The molecule has 0 spiro atoms. The van der Waals surface area contributed by atoms with E-state index in [0.29, 0.717) is 5.92 Å². The van der Waals surface area contributed by atoms with Crippen LogP contribution in [0, 0.1) is 0 Å². The summed E-state index contributed by atoms with van der Waals surface area (Å²) in [5.41, 5.74) is 2.73. The Morgan fingerprint density at radius 3 is 1.41 bits per heavy atom. The molecule has 0 unspecified atom stereocenters. The third-order valence-corrected chi connectivity index (χ3v) is 5.38. The molecule has 0 aliphatic heterocycles. The predicted octanol–water partition coefficient (Wildman–Crippen LogP) is 7.37. The zero-order valence-corrected chi connectivity index (χ0v) is 17.4. The lowest BCUT2D eigenvalue weighted by Crippen LogP contribution is -2.02. The normalized spacial score (nSPS) is 11.0. The lowest BCUT2D eigenvalue weighted by atomic mass is 9.86. The van der Waals surface area contributed by atoms with E-state index in [9.17, 15) is 0 Å². The highest BCUT2D eigenvalue weighted by Crippen LogP contribution is 2.32. The van der Waals surface area contributed by atoms with Gasteiger partial charge >= 0.3 is 0 Å². The number of benzene rings is 2. The molecule has 0 saturated heterocycles. The summed E-state index contributed by atoms with van der Waals surface area (Å²) in [6.45, 7) is 2.28. The first-order chi connectivity index (χ1) is 13.3. The van der Waals surface area contributed by atoms with Crippen LogP contribution in [0.3, 0.4) is 0 Å². The quantitative estimate of drug-likeness (QED) is 0.344. The minimum Gasteiger partial charge on any atom is -0.497 e. The number of rotatable bonds is 13. The maximum absolute atomic E-state index is 5.32. The number of methoxy groups -OCH3 is 2. The molecule has 2 aromatic rings. The molecule has 0 heterocycles. The van der Waals surface area contributed by atoms with Crippen molar-refractivity contribution in [1.29, 1.82) is 0 Å². The van der Waals surface area contributed by atoms with Crippen molar-refractivity contribution in [2.24, 2.45) is 0 Å². The van der Waals surface area contributed by atoms with Gasteiger partial charge in [0.1, 0.15) is 11.5 Å². The van der Waals surface area contributed by atoms with E-state index in [-0.39, 0.29) is 0 Å². The third kappa shape index (κ3) is 7.28. The summed E-state index contributed by atoms with van der Waals surface area (Å²) < 4.78 is 10.6. The summed E-state index contributed by atoms with van der Waals surface area (Å²) >= 11 is 0. The van der Waals surface area contributed by atoms with Gasteiger partial charge in [0.15, 0.2) is 0 Å². The van der Waals surface area contributed by atoms with Crippen LogP contribution in [0.5, 0.6) is 11.5 Å². The van der Waals surface area contributed by atoms with Crippen LogP contribution in [0.2, 0.25) is 0 Å². The monoisotopic (exact) mass is 368 g/mol. The van der Waals surface area contributed by atoms with Gasteiger partial charge in [0.2, 0.25) is 0 Å². The van der Waals surface area contributed by atoms with Crippen LogP contribution in [0.15, 0.2) is 48.5 Å². The summed E-state index contributed by atoms with van der Waals surface area (Å²) in [4.78, 5) is 0. The lowest BCUT2D eigenvalue weighted by Gasteiger charge is -2.19. The molecule has 0 aliphatic carbocycles. The average Bonchev–Trinajstić information content (AvgIpc) is 2.73. The van der Waals surface area contributed by atoms with E-state index in [1.165, 1.54) is 68.9 Å². The van der Waals surface area contributed by atoms with E-state index in [1.807, 2.05) is 0 Å². The zero-order chi connectivity index (χ0) is 19.3. The van der Waals surface area contributed by atoms with E-state index in [0.717, 1.165) is 11.5 Å². The maximum atomic E-state index is 5.32. The van der Waals surface area contributed by atoms with E-state index in [4.69, 9.17) is 9.47 Å². The Hall–Kier alpha value is -1.96. The van der Waals surface area contributed by atoms with Gasteiger partial charge in [-0.3, -0.25) is 0 Å². The van der Waals surface area contributed by atoms with Crippen LogP contribution < -0.4 is 9.47 Å². The van der Waals surface area contributed by atoms with Crippen molar-refractivity contribution in [3.8, 4) is 11.5 Å². The zero-order valence-electron chi connectivity index (χ0n) is 17.4. The first kappa shape index (κ1) is 21.3. The molecule has 2 aromatic carbocycles. The van der Waals surface area contributed by atoms with Gasteiger partial charge in [0, 0.05) is 5.92 Å². The molecular formula is C25H36O2. The Morgan fingerprint density at radius 1 is 0.593 bits per heavy atom. The van der Waals surface area contributed by atoms with Crippen molar-refractivity contribution in [2.75, 3.05) is 14.2 Å². The molecular weight excluding hydrogens is 332 g/mol. The van der Waals surface area contributed by atoms with Crippen LogP contribution in [0.4, 0.5) is 0 Å².